The van der Waals surface area contributed by atoms with Crippen molar-refractivity contribution in [3.63, 3.8) is 0 Å². The summed E-state index contributed by atoms with van der Waals surface area (Å²) in [4.78, 5) is 27.6. The number of hydrogen-bond acceptors (Lipinski definition) is 5. The van der Waals surface area contributed by atoms with Gasteiger partial charge in [0.05, 0.1) is 25.5 Å². The molecular weight excluding hydrogens is 432 g/mol. The summed E-state index contributed by atoms with van der Waals surface area (Å²) in [6, 6.07) is 10.7. The van der Waals surface area contributed by atoms with Crippen LogP contribution in [0.25, 0.3) is 0 Å². The highest BCUT2D eigenvalue weighted by Gasteiger charge is 2.85. The highest BCUT2D eigenvalue weighted by molar-refractivity contribution is 6.92. The van der Waals surface area contributed by atoms with E-state index in [1.807, 2.05) is 6.07 Å². The summed E-state index contributed by atoms with van der Waals surface area (Å²) in [6.07, 6.45) is 2.60. The molecule has 1 spiro atoms. The zero-order valence-electron chi connectivity index (χ0n) is 20.1. The molecule has 0 bridgehead atoms. The minimum atomic E-state index is -2.15. The Morgan fingerprint density at radius 2 is 1.79 bits per heavy atom. The summed E-state index contributed by atoms with van der Waals surface area (Å²) in [5.41, 5.74) is -1.51. The molecule has 178 valence electrons. The fourth-order valence-corrected chi connectivity index (χ4v) is 14.4. The molecule has 0 amide bonds. The molecule has 33 heavy (non-hydrogen) atoms. The quantitative estimate of drug-likeness (QED) is 0.524. The molecule has 5 nitrogen and oxygen atoms in total. The highest BCUT2D eigenvalue weighted by Crippen LogP contribution is 2.86. The summed E-state index contributed by atoms with van der Waals surface area (Å²) < 4.78 is 5.94. The second-order valence-corrected chi connectivity index (χ2v) is 17.5. The third-order valence-electron chi connectivity index (χ3n) is 11.3. The lowest BCUT2D eigenvalue weighted by atomic mass is 9.40. The summed E-state index contributed by atoms with van der Waals surface area (Å²) in [5.74, 6) is -0.752. The summed E-state index contributed by atoms with van der Waals surface area (Å²) in [5, 5.41) is 22.5. The van der Waals surface area contributed by atoms with Crippen LogP contribution in [-0.4, -0.2) is 48.4 Å². The molecule has 1 saturated heterocycles. The summed E-state index contributed by atoms with van der Waals surface area (Å²) >= 11 is 0. The van der Waals surface area contributed by atoms with Gasteiger partial charge in [0.25, 0.3) is 0 Å². The van der Waals surface area contributed by atoms with Gasteiger partial charge in [0, 0.05) is 24.9 Å². The Kier molecular flexibility index (Phi) is 4.39. The molecule has 1 aromatic carbocycles. The maximum atomic E-state index is 14.0. The third-order valence-corrected chi connectivity index (χ3v) is 16.3. The summed E-state index contributed by atoms with van der Waals surface area (Å²) in [7, 11) is -2.15. The predicted molar refractivity (Wildman–Crippen MR) is 126 cm³/mol. The van der Waals surface area contributed by atoms with Gasteiger partial charge in [-0.25, -0.2) is 0 Å². The lowest BCUT2D eigenvalue weighted by Crippen LogP contribution is -2.74. The maximum Gasteiger partial charge on any atom is 0.310 e. The van der Waals surface area contributed by atoms with Crippen LogP contribution < -0.4 is 5.19 Å². The van der Waals surface area contributed by atoms with Crippen LogP contribution in [0.2, 0.25) is 18.1 Å². The van der Waals surface area contributed by atoms with E-state index in [1.54, 1.807) is 6.92 Å². The van der Waals surface area contributed by atoms with E-state index < -0.39 is 25.0 Å². The average Bonchev–Trinajstić information content (AvgIpc) is 3.29. The monoisotopic (exact) mass is 468 g/mol. The van der Waals surface area contributed by atoms with Crippen molar-refractivity contribution in [3.05, 3.63) is 30.3 Å². The van der Waals surface area contributed by atoms with Crippen LogP contribution in [0.4, 0.5) is 0 Å². The Morgan fingerprint density at radius 3 is 2.45 bits per heavy atom. The van der Waals surface area contributed by atoms with Crippen molar-refractivity contribution in [1.29, 1.82) is 0 Å². The number of ether oxygens (including phenoxy) is 1. The molecule has 5 aliphatic rings. The number of benzene rings is 1. The number of rotatable bonds is 4. The van der Waals surface area contributed by atoms with Gasteiger partial charge in [-0.3, -0.25) is 9.59 Å². The molecule has 0 radical (unpaired) electrons. The molecule has 2 N–H and O–H groups in total. The molecule has 5 fully saturated rings. The lowest BCUT2D eigenvalue weighted by molar-refractivity contribution is -0.183. The molecular formula is C27H36O5Si. The largest absolute Gasteiger partial charge is 0.462 e. The first-order valence-corrected chi connectivity index (χ1v) is 15.6. The SMILES string of the molecule is CC(CO)[C@H]1C[C@@]2([Si](C)(C)c3ccccc3)CC3C(=O)[C@H]4[C@@H]5[C@H](C[C@@]4(C)O)OC(=O)[C@@H]5[C@@]32C1. The number of carbonyl (C=O) groups excluding carboxylic acids is 2. The van der Waals surface area contributed by atoms with Crippen LogP contribution in [0.15, 0.2) is 30.3 Å². The second kappa shape index (κ2) is 6.58. The van der Waals surface area contributed by atoms with Gasteiger partial charge < -0.3 is 14.9 Å². The van der Waals surface area contributed by atoms with Gasteiger partial charge in [-0.2, -0.15) is 0 Å². The highest BCUT2D eigenvalue weighted by atomic mass is 28.3. The topological polar surface area (TPSA) is 83.8 Å². The number of Topliss-reactive ketones (excluding diaryl/α,β-unsaturated/α-hetero) is 1. The van der Waals surface area contributed by atoms with Gasteiger partial charge in [-0.1, -0.05) is 55.5 Å². The molecule has 2 unspecified atom stereocenters. The van der Waals surface area contributed by atoms with Crippen LogP contribution >= 0.6 is 0 Å². The number of aliphatic hydroxyl groups excluding tert-OH is 1. The minimum absolute atomic E-state index is 0.0895. The molecule has 4 saturated carbocycles. The third kappa shape index (κ3) is 2.36. The molecule has 10 atom stereocenters. The van der Waals surface area contributed by atoms with Gasteiger partial charge in [0.15, 0.2) is 0 Å². The van der Waals surface area contributed by atoms with Crippen LogP contribution in [0.1, 0.15) is 39.5 Å². The van der Waals surface area contributed by atoms with Gasteiger partial charge in [0.2, 0.25) is 0 Å². The van der Waals surface area contributed by atoms with E-state index in [2.05, 4.69) is 44.3 Å². The maximum absolute atomic E-state index is 14.0. The molecule has 6 heteroatoms. The van der Waals surface area contributed by atoms with Crippen LogP contribution in [0.3, 0.4) is 0 Å². The molecule has 4 aliphatic carbocycles. The Bertz CT molecular complexity index is 1020. The molecule has 6 rings (SSSR count). The number of ketones is 1. The average molecular weight is 469 g/mol. The predicted octanol–water partition coefficient (Wildman–Crippen LogP) is 2.90. The van der Waals surface area contributed by atoms with Gasteiger partial charge >= 0.3 is 5.97 Å². The van der Waals surface area contributed by atoms with E-state index >= 15 is 0 Å². The standard InChI is InChI=1S/C27H36O5Si/c1-15(14-28)16-10-26(33(3,4)17-8-6-5-7-9-17)12-18-23(29)21-20-19(13-25(21,2)31)32-24(30)22(20)27(18,26)11-16/h5-9,15-16,18-22,28,31H,10-14H2,1-4H3/t15?,16-,18?,19-,20-,21+,22+,25+,26+,27+/m0/s1. The Morgan fingerprint density at radius 1 is 1.09 bits per heavy atom. The Labute approximate surface area is 196 Å². The normalized spacial score (nSPS) is 48.5. The number of hydrogen-bond donors (Lipinski definition) is 2. The van der Waals surface area contributed by atoms with Gasteiger partial charge in [-0.05, 0) is 48.5 Å². The fraction of sp³-hybridized carbons (Fsp3) is 0.704. The number of carbonyl (C=O) groups is 2. The van der Waals surface area contributed by atoms with E-state index in [9.17, 15) is 19.8 Å². The molecule has 1 aliphatic heterocycles. The molecule has 1 heterocycles. The first-order chi connectivity index (χ1) is 15.5. The van der Waals surface area contributed by atoms with Crippen LogP contribution in [0.5, 0.6) is 0 Å². The molecule has 1 aromatic rings. The number of esters is 1. The van der Waals surface area contributed by atoms with Crippen molar-refractivity contribution in [2.45, 2.75) is 69.4 Å². The first kappa shape index (κ1) is 22.0. The van der Waals surface area contributed by atoms with Gasteiger partial charge in [-0.15, -0.1) is 0 Å². The van der Waals surface area contributed by atoms with Crippen molar-refractivity contribution >= 4 is 25.0 Å². The van der Waals surface area contributed by atoms with E-state index in [-0.39, 0.29) is 59.1 Å². The van der Waals surface area contributed by atoms with Crippen molar-refractivity contribution < 1.29 is 24.5 Å². The van der Waals surface area contributed by atoms with Crippen molar-refractivity contribution in [2.75, 3.05) is 6.61 Å². The van der Waals surface area contributed by atoms with Crippen molar-refractivity contribution in [1.82, 2.24) is 0 Å². The van der Waals surface area contributed by atoms with E-state index in [0.29, 0.717) is 6.42 Å². The van der Waals surface area contributed by atoms with E-state index in [0.717, 1.165) is 19.3 Å². The fourth-order valence-electron chi connectivity index (χ4n) is 9.73. The Hall–Kier alpha value is -1.50. The lowest BCUT2D eigenvalue weighted by Gasteiger charge is -2.71. The smallest absolute Gasteiger partial charge is 0.310 e. The second-order valence-electron chi connectivity index (χ2n) is 12.7. The molecule has 0 aromatic heterocycles. The van der Waals surface area contributed by atoms with E-state index in [4.69, 9.17) is 4.74 Å². The Balaban J connectivity index is 1.55. The van der Waals surface area contributed by atoms with E-state index in [1.165, 1.54) is 5.19 Å². The van der Waals surface area contributed by atoms with Crippen LogP contribution in [-0.2, 0) is 14.3 Å². The first-order valence-electron chi connectivity index (χ1n) is 12.6. The van der Waals surface area contributed by atoms with Crippen molar-refractivity contribution in [3.8, 4) is 0 Å². The minimum Gasteiger partial charge on any atom is -0.462 e. The zero-order valence-corrected chi connectivity index (χ0v) is 21.1. The van der Waals surface area contributed by atoms with Gasteiger partial charge in [0.1, 0.15) is 11.9 Å². The van der Waals surface area contributed by atoms with Crippen molar-refractivity contribution in [2.24, 2.45) is 40.9 Å². The van der Waals surface area contributed by atoms with Crippen LogP contribution in [0, 0.1) is 40.9 Å². The zero-order chi connectivity index (χ0) is 23.6. The summed E-state index contributed by atoms with van der Waals surface area (Å²) in [6.45, 7) is 8.84. The number of aliphatic hydroxyl groups is 2.